The first-order chi connectivity index (χ1) is 10.2. The molecule has 1 N–H and O–H groups in total. The van der Waals surface area contributed by atoms with Crippen molar-refractivity contribution in [3.8, 4) is 5.75 Å². The molecule has 0 aliphatic heterocycles. The standard InChI is InChI=1S/C16H10N2O3/c19-15-9-14-16(11-6-2-1-5-10(11)15)18(21)13-8-4-3-7-12(13)17(14)20/h1-9,19H. The van der Waals surface area contributed by atoms with E-state index in [9.17, 15) is 15.5 Å². The van der Waals surface area contributed by atoms with Crippen molar-refractivity contribution in [1.29, 1.82) is 0 Å². The van der Waals surface area contributed by atoms with Crippen LogP contribution in [0.5, 0.6) is 5.75 Å². The molecule has 0 spiro atoms. The molecule has 0 atom stereocenters. The quantitative estimate of drug-likeness (QED) is 0.232. The molecule has 0 saturated carbocycles. The molecular weight excluding hydrogens is 268 g/mol. The van der Waals surface area contributed by atoms with Crippen LogP contribution in [0, 0.1) is 10.4 Å². The summed E-state index contributed by atoms with van der Waals surface area (Å²) in [6.07, 6.45) is 0. The minimum atomic E-state index is -0.0158. The summed E-state index contributed by atoms with van der Waals surface area (Å²) >= 11 is 0. The minimum absolute atomic E-state index is 0.0158. The van der Waals surface area contributed by atoms with E-state index < -0.39 is 0 Å². The zero-order valence-electron chi connectivity index (χ0n) is 10.9. The molecule has 4 aromatic rings. The van der Waals surface area contributed by atoms with E-state index in [0.717, 1.165) is 4.73 Å². The van der Waals surface area contributed by atoms with Crippen LogP contribution in [0.2, 0.25) is 0 Å². The lowest BCUT2D eigenvalue weighted by Gasteiger charge is -2.10. The number of phenolic OH excluding ortho intramolecular Hbond substituents is 1. The highest BCUT2D eigenvalue weighted by Crippen LogP contribution is 2.30. The van der Waals surface area contributed by atoms with Gasteiger partial charge in [0.25, 0.3) is 22.1 Å². The van der Waals surface area contributed by atoms with E-state index in [-0.39, 0.29) is 22.3 Å². The van der Waals surface area contributed by atoms with Crippen LogP contribution in [0.1, 0.15) is 0 Å². The van der Waals surface area contributed by atoms with Crippen LogP contribution in [-0.4, -0.2) is 5.11 Å². The summed E-state index contributed by atoms with van der Waals surface area (Å²) in [6, 6.07) is 14.9. The molecule has 1 aromatic heterocycles. The molecule has 5 nitrogen and oxygen atoms in total. The van der Waals surface area contributed by atoms with Crippen LogP contribution in [0.4, 0.5) is 0 Å². The molecule has 1 heterocycles. The maximum absolute atomic E-state index is 12.6. The molecule has 21 heavy (non-hydrogen) atoms. The molecule has 0 bridgehead atoms. The van der Waals surface area contributed by atoms with E-state index in [2.05, 4.69) is 0 Å². The summed E-state index contributed by atoms with van der Waals surface area (Å²) in [5, 5.41) is 36.3. The Balaban J connectivity index is 2.40. The van der Waals surface area contributed by atoms with Gasteiger partial charge in [0, 0.05) is 17.5 Å². The third-order valence-corrected chi connectivity index (χ3v) is 3.72. The Morgan fingerprint density at radius 1 is 0.714 bits per heavy atom. The average molecular weight is 278 g/mol. The Bertz CT molecular complexity index is 1030. The number of hydrogen-bond acceptors (Lipinski definition) is 3. The summed E-state index contributed by atoms with van der Waals surface area (Å²) in [4.78, 5) is 0. The topological polar surface area (TPSA) is 74.1 Å². The lowest BCUT2D eigenvalue weighted by Crippen LogP contribution is -2.39. The van der Waals surface area contributed by atoms with Gasteiger partial charge in [-0.3, -0.25) is 0 Å². The van der Waals surface area contributed by atoms with Crippen molar-refractivity contribution >= 4 is 32.8 Å². The Hall–Kier alpha value is -3.08. The molecule has 0 unspecified atom stereocenters. The van der Waals surface area contributed by atoms with Gasteiger partial charge in [0.1, 0.15) is 5.75 Å². The predicted octanol–water partition coefficient (Wildman–Crippen LogP) is 2.12. The smallest absolute Gasteiger partial charge is 0.298 e. The van der Waals surface area contributed by atoms with E-state index >= 15 is 0 Å². The van der Waals surface area contributed by atoms with E-state index in [1.54, 1.807) is 48.5 Å². The van der Waals surface area contributed by atoms with Crippen LogP contribution in [0.15, 0.2) is 54.6 Å². The van der Waals surface area contributed by atoms with Gasteiger partial charge in [-0.05, 0) is 6.07 Å². The Kier molecular flexibility index (Phi) is 2.21. The van der Waals surface area contributed by atoms with Crippen LogP contribution < -0.4 is 9.46 Å². The van der Waals surface area contributed by atoms with Crippen molar-refractivity contribution < 1.29 is 14.6 Å². The van der Waals surface area contributed by atoms with Gasteiger partial charge in [-0.2, -0.15) is 9.46 Å². The molecule has 5 heteroatoms. The van der Waals surface area contributed by atoms with Gasteiger partial charge in [0.05, 0.1) is 11.5 Å². The van der Waals surface area contributed by atoms with Crippen molar-refractivity contribution in [2.45, 2.75) is 0 Å². The Morgan fingerprint density at radius 2 is 1.29 bits per heavy atom. The van der Waals surface area contributed by atoms with Gasteiger partial charge >= 0.3 is 0 Å². The van der Waals surface area contributed by atoms with Gasteiger partial charge in [-0.15, -0.1) is 0 Å². The van der Waals surface area contributed by atoms with Crippen molar-refractivity contribution in [3.63, 3.8) is 0 Å². The number of aromatic hydroxyl groups is 1. The second-order valence-electron chi connectivity index (χ2n) is 4.89. The van der Waals surface area contributed by atoms with Crippen LogP contribution in [0.25, 0.3) is 32.8 Å². The van der Waals surface area contributed by atoms with Crippen LogP contribution in [-0.2, 0) is 0 Å². The van der Waals surface area contributed by atoms with Crippen LogP contribution >= 0.6 is 0 Å². The average Bonchev–Trinajstić information content (AvgIpc) is 2.53. The molecule has 102 valence electrons. The van der Waals surface area contributed by atoms with Gasteiger partial charge in [0.15, 0.2) is 0 Å². The number of aromatic nitrogens is 2. The first-order valence-electron chi connectivity index (χ1n) is 6.47. The third kappa shape index (κ3) is 1.45. The first-order valence-corrected chi connectivity index (χ1v) is 6.47. The van der Waals surface area contributed by atoms with E-state index in [4.69, 9.17) is 0 Å². The highest BCUT2D eigenvalue weighted by molar-refractivity contribution is 6.05. The van der Waals surface area contributed by atoms with Crippen molar-refractivity contribution in [2.24, 2.45) is 0 Å². The lowest BCUT2D eigenvalue weighted by atomic mass is 10.1. The Morgan fingerprint density at radius 3 is 2.00 bits per heavy atom. The zero-order valence-corrected chi connectivity index (χ0v) is 10.9. The van der Waals surface area contributed by atoms with E-state index in [1.165, 1.54) is 6.07 Å². The fourth-order valence-corrected chi connectivity index (χ4v) is 2.75. The van der Waals surface area contributed by atoms with Crippen LogP contribution in [0.3, 0.4) is 0 Å². The number of hydrogen-bond donors (Lipinski definition) is 1. The Labute approximate surface area is 119 Å². The fourth-order valence-electron chi connectivity index (χ4n) is 2.75. The minimum Gasteiger partial charge on any atom is -0.617 e. The maximum Gasteiger partial charge on any atom is 0.298 e. The van der Waals surface area contributed by atoms with E-state index in [0.29, 0.717) is 21.0 Å². The molecule has 3 aromatic carbocycles. The van der Waals surface area contributed by atoms with Gasteiger partial charge < -0.3 is 15.5 Å². The molecule has 0 amide bonds. The second-order valence-corrected chi connectivity index (χ2v) is 4.89. The summed E-state index contributed by atoms with van der Waals surface area (Å²) in [6.45, 7) is 0. The number of rotatable bonds is 0. The number of phenols is 1. The highest BCUT2D eigenvalue weighted by Gasteiger charge is 2.24. The lowest BCUT2D eigenvalue weighted by molar-refractivity contribution is -0.590. The zero-order chi connectivity index (χ0) is 14.6. The maximum atomic E-state index is 12.6. The molecule has 0 saturated heterocycles. The van der Waals surface area contributed by atoms with Gasteiger partial charge in [0.2, 0.25) is 0 Å². The van der Waals surface area contributed by atoms with Crippen molar-refractivity contribution in [1.82, 2.24) is 0 Å². The number of nitrogens with zero attached hydrogens (tertiary/aromatic N) is 2. The summed E-state index contributed by atoms with van der Waals surface area (Å²) in [5.74, 6) is -0.0158. The normalized spacial score (nSPS) is 11.4. The molecule has 4 rings (SSSR count). The fraction of sp³-hybridized carbons (Fsp3) is 0. The molecule has 0 fully saturated rings. The van der Waals surface area contributed by atoms with Gasteiger partial charge in [-0.25, -0.2) is 0 Å². The first kappa shape index (κ1) is 11.7. The predicted molar refractivity (Wildman–Crippen MR) is 78.5 cm³/mol. The monoisotopic (exact) mass is 278 g/mol. The number of para-hydroxylation sites is 2. The largest absolute Gasteiger partial charge is 0.617 e. The summed E-state index contributed by atoms with van der Waals surface area (Å²) in [5.41, 5.74) is 0.988. The highest BCUT2D eigenvalue weighted by atomic mass is 16.5. The third-order valence-electron chi connectivity index (χ3n) is 3.72. The summed E-state index contributed by atoms with van der Waals surface area (Å²) in [7, 11) is 0. The van der Waals surface area contributed by atoms with Crippen molar-refractivity contribution in [3.05, 3.63) is 65.0 Å². The van der Waals surface area contributed by atoms with Crippen molar-refractivity contribution in [2.75, 3.05) is 0 Å². The van der Waals surface area contributed by atoms with E-state index in [1.807, 2.05) is 0 Å². The second kappa shape index (κ2) is 3.96. The molecular formula is C16H10N2O3. The molecule has 0 radical (unpaired) electrons. The molecule has 0 aliphatic carbocycles. The number of benzene rings is 3. The molecule has 0 aliphatic rings. The van der Waals surface area contributed by atoms with Gasteiger partial charge in [-0.1, -0.05) is 30.3 Å². The summed E-state index contributed by atoms with van der Waals surface area (Å²) < 4.78 is 1.44. The SMILES string of the molecule is [O-][n+]1c2ccccc2[n+]([O-])c2c3ccccc3c(O)cc21. The number of fused-ring (bicyclic) bond motifs is 4.